The molecule has 0 fully saturated rings. The highest BCUT2D eigenvalue weighted by Gasteiger charge is 2.19. The molecule has 0 saturated heterocycles. The number of aromatic nitrogens is 2. The molecule has 9 heteroatoms. The Labute approximate surface area is 164 Å². The molecule has 1 N–H and O–H groups in total. The molecule has 3 aromatic rings. The second kappa shape index (κ2) is 7.77. The standard InChI is InChI=1S/C19H16ClFN4O3/c1-11-8-18(23-24(11)10-13-6-7-14(21)9-16(13)20)22-19(26)15-4-3-5-17(12(15)2)25(27)28/h3-9H,10H2,1-2H3,(H,22,23,26). The van der Waals surface area contributed by atoms with Crippen molar-refractivity contribution >= 4 is 29.0 Å². The summed E-state index contributed by atoms with van der Waals surface area (Å²) in [5.41, 5.74) is 1.79. The van der Waals surface area contributed by atoms with Crippen LogP contribution in [-0.2, 0) is 6.54 Å². The van der Waals surface area contributed by atoms with Crippen molar-refractivity contribution in [3.8, 4) is 0 Å². The predicted octanol–water partition coefficient (Wildman–Crippen LogP) is 4.50. The van der Waals surface area contributed by atoms with Crippen molar-refractivity contribution < 1.29 is 14.1 Å². The lowest BCUT2D eigenvalue weighted by Gasteiger charge is -2.07. The van der Waals surface area contributed by atoms with E-state index in [0.717, 1.165) is 5.69 Å². The van der Waals surface area contributed by atoms with Gasteiger partial charge in [0, 0.05) is 34.0 Å². The highest BCUT2D eigenvalue weighted by atomic mass is 35.5. The van der Waals surface area contributed by atoms with E-state index in [4.69, 9.17) is 11.6 Å². The Morgan fingerprint density at radius 1 is 1.29 bits per heavy atom. The summed E-state index contributed by atoms with van der Waals surface area (Å²) in [6.07, 6.45) is 0. The third kappa shape index (κ3) is 4.01. The fraction of sp³-hybridized carbons (Fsp3) is 0.158. The number of benzene rings is 2. The van der Waals surface area contributed by atoms with Crippen LogP contribution in [-0.4, -0.2) is 20.6 Å². The maximum absolute atomic E-state index is 13.2. The van der Waals surface area contributed by atoms with E-state index in [9.17, 15) is 19.3 Å². The number of rotatable bonds is 5. The Bertz CT molecular complexity index is 1080. The highest BCUT2D eigenvalue weighted by Crippen LogP contribution is 2.23. The van der Waals surface area contributed by atoms with E-state index in [1.165, 1.54) is 37.3 Å². The van der Waals surface area contributed by atoms with E-state index in [1.54, 1.807) is 23.7 Å². The van der Waals surface area contributed by atoms with Gasteiger partial charge in [-0.15, -0.1) is 0 Å². The van der Waals surface area contributed by atoms with E-state index in [0.29, 0.717) is 17.9 Å². The van der Waals surface area contributed by atoms with Gasteiger partial charge in [-0.05, 0) is 37.6 Å². The second-order valence-electron chi connectivity index (χ2n) is 6.23. The predicted molar refractivity (Wildman–Crippen MR) is 103 cm³/mol. The molecule has 1 heterocycles. The van der Waals surface area contributed by atoms with Crippen LogP contribution in [0.1, 0.15) is 27.2 Å². The molecule has 0 unspecified atom stereocenters. The van der Waals surface area contributed by atoms with Gasteiger partial charge in [0.2, 0.25) is 0 Å². The molecular formula is C19H16ClFN4O3. The lowest BCUT2D eigenvalue weighted by Crippen LogP contribution is -2.15. The average molecular weight is 403 g/mol. The van der Waals surface area contributed by atoms with Gasteiger partial charge in [-0.2, -0.15) is 5.10 Å². The minimum absolute atomic E-state index is 0.125. The first-order valence-electron chi connectivity index (χ1n) is 8.30. The third-order valence-corrected chi connectivity index (χ3v) is 4.66. The summed E-state index contributed by atoms with van der Waals surface area (Å²) < 4.78 is 14.8. The summed E-state index contributed by atoms with van der Waals surface area (Å²) >= 11 is 6.05. The molecule has 1 amide bonds. The quantitative estimate of drug-likeness (QED) is 0.502. The number of nitro groups is 1. The van der Waals surface area contributed by atoms with Crippen LogP contribution in [0.3, 0.4) is 0 Å². The van der Waals surface area contributed by atoms with Crippen molar-refractivity contribution in [2.75, 3.05) is 5.32 Å². The summed E-state index contributed by atoms with van der Waals surface area (Å²) in [6, 6.07) is 10.1. The van der Waals surface area contributed by atoms with Crippen molar-refractivity contribution in [3.05, 3.63) is 85.8 Å². The van der Waals surface area contributed by atoms with Gasteiger partial charge in [0.25, 0.3) is 11.6 Å². The average Bonchev–Trinajstić information content (AvgIpc) is 2.96. The molecular weight excluding hydrogens is 387 g/mol. The first-order valence-corrected chi connectivity index (χ1v) is 8.68. The van der Waals surface area contributed by atoms with Gasteiger partial charge in [0.15, 0.2) is 5.82 Å². The molecule has 144 valence electrons. The molecule has 0 aliphatic rings. The number of hydrogen-bond donors (Lipinski definition) is 1. The summed E-state index contributed by atoms with van der Waals surface area (Å²) in [7, 11) is 0. The zero-order valence-electron chi connectivity index (χ0n) is 15.1. The van der Waals surface area contributed by atoms with Gasteiger partial charge in [-0.25, -0.2) is 4.39 Å². The number of hydrogen-bond acceptors (Lipinski definition) is 4. The van der Waals surface area contributed by atoms with Crippen LogP contribution in [0.2, 0.25) is 5.02 Å². The Morgan fingerprint density at radius 3 is 2.71 bits per heavy atom. The van der Waals surface area contributed by atoms with Crippen molar-refractivity contribution in [2.45, 2.75) is 20.4 Å². The Balaban J connectivity index is 1.81. The molecule has 0 bridgehead atoms. The minimum Gasteiger partial charge on any atom is -0.305 e. The van der Waals surface area contributed by atoms with Crippen LogP contribution < -0.4 is 5.32 Å². The van der Waals surface area contributed by atoms with Crippen LogP contribution in [0.4, 0.5) is 15.9 Å². The van der Waals surface area contributed by atoms with E-state index >= 15 is 0 Å². The van der Waals surface area contributed by atoms with Crippen molar-refractivity contribution in [1.29, 1.82) is 0 Å². The van der Waals surface area contributed by atoms with Gasteiger partial charge in [-0.1, -0.05) is 23.7 Å². The minimum atomic E-state index is -0.530. The number of amides is 1. The smallest absolute Gasteiger partial charge is 0.273 e. The number of aryl methyl sites for hydroxylation is 1. The van der Waals surface area contributed by atoms with Crippen molar-refractivity contribution in [1.82, 2.24) is 9.78 Å². The molecule has 0 saturated carbocycles. The molecule has 7 nitrogen and oxygen atoms in total. The summed E-state index contributed by atoms with van der Waals surface area (Å²) in [5.74, 6) is -0.622. The van der Waals surface area contributed by atoms with Gasteiger partial charge in [0.1, 0.15) is 5.82 Å². The number of anilines is 1. The number of nitrogens with one attached hydrogen (secondary N) is 1. The lowest BCUT2D eigenvalue weighted by molar-refractivity contribution is -0.385. The lowest BCUT2D eigenvalue weighted by atomic mass is 10.1. The van der Waals surface area contributed by atoms with Crippen LogP contribution in [0.15, 0.2) is 42.5 Å². The largest absolute Gasteiger partial charge is 0.305 e. The van der Waals surface area contributed by atoms with Gasteiger partial charge >= 0.3 is 0 Å². The molecule has 0 atom stereocenters. The van der Waals surface area contributed by atoms with Crippen LogP contribution in [0, 0.1) is 29.8 Å². The number of nitro benzene ring substituents is 1. The first-order chi connectivity index (χ1) is 13.3. The Morgan fingerprint density at radius 2 is 2.04 bits per heavy atom. The van der Waals surface area contributed by atoms with Crippen LogP contribution in [0.25, 0.3) is 0 Å². The maximum Gasteiger partial charge on any atom is 0.273 e. The van der Waals surface area contributed by atoms with E-state index in [2.05, 4.69) is 10.4 Å². The molecule has 0 aliphatic carbocycles. The zero-order chi connectivity index (χ0) is 20.4. The maximum atomic E-state index is 13.2. The SMILES string of the molecule is Cc1c(C(=O)Nc2cc(C)n(Cc3ccc(F)cc3Cl)n2)cccc1[N+](=O)[O-]. The number of carbonyl (C=O) groups is 1. The van der Waals surface area contributed by atoms with Crippen molar-refractivity contribution in [2.24, 2.45) is 0 Å². The van der Waals surface area contributed by atoms with Gasteiger partial charge in [0.05, 0.1) is 11.5 Å². The first kappa shape index (κ1) is 19.5. The topological polar surface area (TPSA) is 90.1 Å². The molecule has 0 radical (unpaired) electrons. The fourth-order valence-electron chi connectivity index (χ4n) is 2.79. The molecule has 3 rings (SSSR count). The molecule has 0 aliphatic heterocycles. The number of nitrogens with zero attached hydrogens (tertiary/aromatic N) is 3. The van der Waals surface area contributed by atoms with Crippen LogP contribution >= 0.6 is 11.6 Å². The fourth-order valence-corrected chi connectivity index (χ4v) is 3.02. The monoisotopic (exact) mass is 402 g/mol. The van der Waals surface area contributed by atoms with E-state index in [1.807, 2.05) is 0 Å². The van der Waals surface area contributed by atoms with Crippen molar-refractivity contribution in [3.63, 3.8) is 0 Å². The second-order valence-corrected chi connectivity index (χ2v) is 6.63. The zero-order valence-corrected chi connectivity index (χ0v) is 15.8. The molecule has 28 heavy (non-hydrogen) atoms. The molecule has 1 aromatic heterocycles. The highest BCUT2D eigenvalue weighted by molar-refractivity contribution is 6.31. The summed E-state index contributed by atoms with van der Waals surface area (Å²) in [4.78, 5) is 23.1. The summed E-state index contributed by atoms with van der Waals surface area (Å²) in [6.45, 7) is 3.63. The molecule has 0 spiro atoms. The molecule has 2 aromatic carbocycles. The Kier molecular flexibility index (Phi) is 5.41. The third-order valence-electron chi connectivity index (χ3n) is 4.30. The summed E-state index contributed by atoms with van der Waals surface area (Å²) in [5, 5.41) is 18.3. The van der Waals surface area contributed by atoms with E-state index in [-0.39, 0.29) is 21.8 Å². The Hall–Kier alpha value is -3.26. The number of carbonyl (C=O) groups excluding carboxylic acids is 1. The normalized spacial score (nSPS) is 10.7. The van der Waals surface area contributed by atoms with E-state index < -0.39 is 16.6 Å². The van der Waals surface area contributed by atoms with Crippen LogP contribution in [0.5, 0.6) is 0 Å². The number of halogens is 2. The van der Waals surface area contributed by atoms with Gasteiger partial charge < -0.3 is 5.32 Å². The van der Waals surface area contributed by atoms with Gasteiger partial charge in [-0.3, -0.25) is 19.6 Å².